The minimum atomic E-state index is -0.276. The smallest absolute Gasteiger partial charge is 0.293 e. The topological polar surface area (TPSA) is 88.7 Å². The molecule has 0 radical (unpaired) electrons. The lowest BCUT2D eigenvalue weighted by atomic mass is 9.74. The van der Waals surface area contributed by atoms with Crippen molar-refractivity contribution in [1.82, 2.24) is 15.0 Å². The molecule has 0 aliphatic carbocycles. The highest BCUT2D eigenvalue weighted by molar-refractivity contribution is 6.02. The van der Waals surface area contributed by atoms with Crippen molar-refractivity contribution in [2.45, 2.75) is 24.5 Å². The third-order valence-electron chi connectivity index (χ3n) is 5.73. The van der Waals surface area contributed by atoms with Gasteiger partial charge in [0.25, 0.3) is 5.91 Å². The van der Waals surface area contributed by atoms with Gasteiger partial charge in [0.1, 0.15) is 0 Å². The molecule has 1 amide bonds. The minimum Gasteiger partial charge on any atom is -0.396 e. The summed E-state index contributed by atoms with van der Waals surface area (Å²) in [6.45, 7) is 1.28. The molecule has 5 rings (SSSR count). The number of likely N-dealkylation sites (tertiary alicyclic amines) is 1. The number of carbonyl (C=O) groups excluding carboxylic acids is 1. The number of ether oxygens (including phenoxy) is 1. The zero-order valence-corrected chi connectivity index (χ0v) is 12.5. The Morgan fingerprint density at radius 3 is 3.30 bits per heavy atom. The molecule has 2 aromatic rings. The molecule has 120 valence electrons. The van der Waals surface area contributed by atoms with Gasteiger partial charge in [0, 0.05) is 31.2 Å². The molecule has 2 aromatic heterocycles. The van der Waals surface area contributed by atoms with Gasteiger partial charge in [-0.3, -0.25) is 4.79 Å². The van der Waals surface area contributed by atoms with E-state index in [-0.39, 0.29) is 41.8 Å². The average Bonchev–Trinajstić information content (AvgIpc) is 3.31. The molecule has 23 heavy (non-hydrogen) atoms. The number of aromatic nitrogens is 2. The molecule has 3 fully saturated rings. The molecule has 3 saturated heterocycles. The summed E-state index contributed by atoms with van der Waals surface area (Å²) >= 11 is 0. The van der Waals surface area contributed by atoms with E-state index < -0.39 is 0 Å². The summed E-state index contributed by atoms with van der Waals surface area (Å²) in [6, 6.07) is 3.56. The number of hydrogen-bond donors (Lipinski definition) is 1. The molecule has 0 saturated carbocycles. The van der Waals surface area contributed by atoms with Crippen LogP contribution in [0.2, 0.25) is 0 Å². The molecule has 1 spiro atoms. The number of carbonyl (C=O) groups is 1. The predicted octanol–water partition coefficient (Wildman–Crippen LogP) is 0.835. The summed E-state index contributed by atoms with van der Waals surface area (Å²) in [5.74, 6) is 0.407. The average molecular weight is 315 g/mol. The molecular formula is C16H17N3O4. The molecular weight excluding hydrogens is 298 g/mol. The Hall–Kier alpha value is -1.99. The van der Waals surface area contributed by atoms with Crippen LogP contribution < -0.4 is 0 Å². The van der Waals surface area contributed by atoms with E-state index in [2.05, 4.69) is 10.1 Å². The maximum Gasteiger partial charge on any atom is 0.293 e. The fraction of sp³-hybridized carbons (Fsp3) is 0.562. The largest absolute Gasteiger partial charge is 0.396 e. The van der Waals surface area contributed by atoms with Crippen molar-refractivity contribution in [3.05, 3.63) is 24.1 Å². The second-order valence-corrected chi connectivity index (χ2v) is 6.78. The van der Waals surface area contributed by atoms with E-state index >= 15 is 0 Å². The fourth-order valence-electron chi connectivity index (χ4n) is 4.67. The van der Waals surface area contributed by atoms with Crippen LogP contribution in [0.25, 0.3) is 11.0 Å². The van der Waals surface area contributed by atoms with Gasteiger partial charge >= 0.3 is 0 Å². The molecule has 2 bridgehead atoms. The standard InChI is InChI=1S/C16H17N3O4/c20-7-10-11-6-19(8-16(11)4-3-12(10)22-16)15(21)13-9-2-1-5-17-14(9)18-23-13/h1-2,5,10-12,20H,3-4,6-8H2/t10-,11+,12+,16+/m1/s1. The normalized spacial score (nSPS) is 35.2. The van der Waals surface area contributed by atoms with E-state index in [9.17, 15) is 9.90 Å². The molecule has 7 nitrogen and oxygen atoms in total. The van der Waals surface area contributed by atoms with Crippen LogP contribution in [0.1, 0.15) is 23.4 Å². The summed E-state index contributed by atoms with van der Waals surface area (Å²) < 4.78 is 11.4. The first-order valence-corrected chi connectivity index (χ1v) is 8.00. The minimum absolute atomic E-state index is 0.119. The van der Waals surface area contributed by atoms with Crippen LogP contribution in [0.4, 0.5) is 0 Å². The maximum absolute atomic E-state index is 12.9. The van der Waals surface area contributed by atoms with Gasteiger partial charge < -0.3 is 19.3 Å². The van der Waals surface area contributed by atoms with Gasteiger partial charge in [-0.15, -0.1) is 0 Å². The Morgan fingerprint density at radius 2 is 2.43 bits per heavy atom. The highest BCUT2D eigenvalue weighted by atomic mass is 16.5. The number of fused-ring (bicyclic) bond motifs is 2. The first kappa shape index (κ1) is 13.4. The van der Waals surface area contributed by atoms with Gasteiger partial charge in [-0.2, -0.15) is 0 Å². The SMILES string of the molecule is O=C(c1onc2ncccc12)N1C[C@H]2[C@@H](CO)[C@@H]3CC[C@@]2(C1)O3. The van der Waals surface area contributed by atoms with Gasteiger partial charge in [-0.25, -0.2) is 4.98 Å². The second-order valence-electron chi connectivity index (χ2n) is 6.78. The molecule has 4 atom stereocenters. The van der Waals surface area contributed by atoms with Crippen LogP contribution >= 0.6 is 0 Å². The highest BCUT2D eigenvalue weighted by Crippen LogP contribution is 2.54. The molecule has 3 aliphatic heterocycles. The number of aliphatic hydroxyl groups excluding tert-OH is 1. The summed E-state index contributed by atoms with van der Waals surface area (Å²) in [4.78, 5) is 18.7. The van der Waals surface area contributed by atoms with Crippen LogP contribution in [-0.4, -0.2) is 57.5 Å². The van der Waals surface area contributed by atoms with E-state index in [0.29, 0.717) is 24.1 Å². The van der Waals surface area contributed by atoms with Crippen LogP contribution in [0.15, 0.2) is 22.9 Å². The van der Waals surface area contributed by atoms with E-state index in [1.807, 2.05) is 0 Å². The van der Waals surface area contributed by atoms with Crippen LogP contribution in [0, 0.1) is 11.8 Å². The third kappa shape index (κ3) is 1.69. The molecule has 3 aliphatic rings. The van der Waals surface area contributed by atoms with Crippen molar-refractivity contribution < 1.29 is 19.2 Å². The quantitative estimate of drug-likeness (QED) is 0.883. The third-order valence-corrected chi connectivity index (χ3v) is 5.73. The first-order valence-electron chi connectivity index (χ1n) is 8.00. The Labute approximate surface area is 132 Å². The van der Waals surface area contributed by atoms with Crippen molar-refractivity contribution in [2.24, 2.45) is 11.8 Å². The maximum atomic E-state index is 12.9. The lowest BCUT2D eigenvalue weighted by molar-refractivity contribution is 0.00117. The van der Waals surface area contributed by atoms with Gasteiger partial charge in [-0.1, -0.05) is 5.16 Å². The van der Waals surface area contributed by atoms with Crippen molar-refractivity contribution in [3.63, 3.8) is 0 Å². The van der Waals surface area contributed by atoms with Crippen molar-refractivity contribution >= 4 is 16.9 Å². The number of pyridine rings is 1. The lowest BCUT2D eigenvalue weighted by Crippen LogP contribution is -2.38. The summed E-state index contributed by atoms with van der Waals surface area (Å²) in [6.07, 6.45) is 3.70. The van der Waals surface area contributed by atoms with Crippen LogP contribution in [0.5, 0.6) is 0 Å². The van der Waals surface area contributed by atoms with Crippen molar-refractivity contribution in [2.75, 3.05) is 19.7 Å². The van der Waals surface area contributed by atoms with E-state index in [1.54, 1.807) is 23.2 Å². The summed E-state index contributed by atoms with van der Waals surface area (Å²) in [5, 5.41) is 14.2. The second kappa shape index (κ2) is 4.52. The Morgan fingerprint density at radius 1 is 1.52 bits per heavy atom. The summed E-state index contributed by atoms with van der Waals surface area (Å²) in [5.41, 5.74) is 0.167. The summed E-state index contributed by atoms with van der Waals surface area (Å²) in [7, 11) is 0. The zero-order valence-electron chi connectivity index (χ0n) is 12.5. The number of hydrogen-bond acceptors (Lipinski definition) is 6. The van der Waals surface area contributed by atoms with Gasteiger partial charge in [-0.05, 0) is 25.0 Å². The molecule has 0 aromatic carbocycles. The number of nitrogens with zero attached hydrogens (tertiary/aromatic N) is 3. The Balaban J connectivity index is 1.46. The van der Waals surface area contributed by atoms with Crippen molar-refractivity contribution in [1.29, 1.82) is 0 Å². The highest BCUT2D eigenvalue weighted by Gasteiger charge is 2.63. The number of rotatable bonds is 2. The predicted molar refractivity (Wildman–Crippen MR) is 78.6 cm³/mol. The van der Waals surface area contributed by atoms with Crippen LogP contribution in [-0.2, 0) is 4.74 Å². The lowest BCUT2D eigenvalue weighted by Gasteiger charge is -2.27. The van der Waals surface area contributed by atoms with Crippen LogP contribution in [0.3, 0.4) is 0 Å². The zero-order chi connectivity index (χ0) is 15.6. The molecule has 0 unspecified atom stereocenters. The number of aliphatic hydroxyl groups is 1. The van der Waals surface area contributed by atoms with Gasteiger partial charge in [0.2, 0.25) is 11.4 Å². The van der Waals surface area contributed by atoms with E-state index in [0.717, 1.165) is 12.8 Å². The van der Waals surface area contributed by atoms with Gasteiger partial charge in [0.05, 0.1) is 23.6 Å². The molecule has 5 heterocycles. The molecule has 1 N–H and O–H groups in total. The molecule has 7 heteroatoms. The van der Waals surface area contributed by atoms with Crippen molar-refractivity contribution in [3.8, 4) is 0 Å². The first-order chi connectivity index (χ1) is 11.2. The fourth-order valence-corrected chi connectivity index (χ4v) is 4.67. The number of amides is 1. The Bertz CT molecular complexity index is 790. The Kier molecular flexibility index (Phi) is 2.64. The van der Waals surface area contributed by atoms with E-state index in [4.69, 9.17) is 9.26 Å². The van der Waals surface area contributed by atoms with Gasteiger partial charge in [0.15, 0.2) is 0 Å². The monoisotopic (exact) mass is 315 g/mol. The van der Waals surface area contributed by atoms with E-state index in [1.165, 1.54) is 0 Å².